The van der Waals surface area contributed by atoms with Crippen molar-refractivity contribution in [1.29, 1.82) is 0 Å². The molecule has 2 fully saturated rings. The van der Waals surface area contributed by atoms with Crippen molar-refractivity contribution in [2.75, 3.05) is 13.1 Å². The third-order valence-electron chi connectivity index (χ3n) is 5.06. The molecule has 1 aromatic carbocycles. The molecule has 0 radical (unpaired) electrons. The highest BCUT2D eigenvalue weighted by molar-refractivity contribution is 5.20. The van der Waals surface area contributed by atoms with Gasteiger partial charge in [-0.3, -0.25) is 4.90 Å². The van der Waals surface area contributed by atoms with Gasteiger partial charge in [-0.25, -0.2) is 8.78 Å². The lowest BCUT2D eigenvalue weighted by atomic mass is 9.86. The molecule has 116 valence electrons. The molecule has 1 saturated heterocycles. The molecule has 2 aliphatic rings. The summed E-state index contributed by atoms with van der Waals surface area (Å²) in [6.07, 6.45) is 4.74. The van der Waals surface area contributed by atoms with E-state index in [1.165, 1.54) is 31.0 Å². The molecule has 1 N–H and O–H groups in total. The predicted octanol–water partition coefficient (Wildman–Crippen LogP) is 3.46. The summed E-state index contributed by atoms with van der Waals surface area (Å²) in [6.45, 7) is 6.64. The quantitative estimate of drug-likeness (QED) is 0.898. The van der Waals surface area contributed by atoms with Gasteiger partial charge in [0.2, 0.25) is 0 Å². The van der Waals surface area contributed by atoms with Gasteiger partial charge in [-0.2, -0.15) is 0 Å². The van der Waals surface area contributed by atoms with E-state index >= 15 is 0 Å². The van der Waals surface area contributed by atoms with Crippen molar-refractivity contribution in [3.63, 3.8) is 0 Å². The van der Waals surface area contributed by atoms with E-state index in [0.717, 1.165) is 25.9 Å². The molecule has 1 saturated carbocycles. The molecule has 0 aromatic heterocycles. The first-order valence-corrected chi connectivity index (χ1v) is 7.84. The standard InChI is InChI=1S/C17H24F2N2/c1-16(2)12-21(17(11-20-16)7-3-4-8-17)10-13-9-14(18)5-6-15(13)19/h5-6,9,20H,3-4,7-8,10-12H2,1-2H3. The summed E-state index contributed by atoms with van der Waals surface area (Å²) in [7, 11) is 0. The summed E-state index contributed by atoms with van der Waals surface area (Å²) >= 11 is 0. The fraction of sp³-hybridized carbons (Fsp3) is 0.647. The van der Waals surface area contributed by atoms with Crippen LogP contribution in [0.5, 0.6) is 0 Å². The Balaban J connectivity index is 1.87. The topological polar surface area (TPSA) is 15.3 Å². The molecule has 2 nitrogen and oxygen atoms in total. The number of halogens is 2. The Morgan fingerprint density at radius 2 is 1.90 bits per heavy atom. The number of nitrogens with one attached hydrogen (secondary N) is 1. The summed E-state index contributed by atoms with van der Waals surface area (Å²) in [5, 5.41) is 3.62. The molecule has 0 atom stereocenters. The van der Waals surface area contributed by atoms with E-state index < -0.39 is 0 Å². The van der Waals surface area contributed by atoms with Gasteiger partial charge in [-0.05, 0) is 44.9 Å². The van der Waals surface area contributed by atoms with Crippen LogP contribution in [0.3, 0.4) is 0 Å². The van der Waals surface area contributed by atoms with E-state index in [1.807, 2.05) is 0 Å². The Kier molecular flexibility index (Phi) is 3.78. The van der Waals surface area contributed by atoms with E-state index in [-0.39, 0.29) is 22.7 Å². The van der Waals surface area contributed by atoms with Crippen LogP contribution in [0.1, 0.15) is 45.1 Å². The second kappa shape index (κ2) is 5.33. The number of piperazine rings is 1. The van der Waals surface area contributed by atoms with Gasteiger partial charge in [0, 0.05) is 36.3 Å². The van der Waals surface area contributed by atoms with Crippen molar-refractivity contribution in [3.8, 4) is 0 Å². The molecule has 0 amide bonds. The maximum atomic E-state index is 14.0. The van der Waals surface area contributed by atoms with E-state index in [2.05, 4.69) is 24.1 Å². The maximum absolute atomic E-state index is 14.0. The number of benzene rings is 1. The van der Waals surface area contributed by atoms with Crippen LogP contribution < -0.4 is 5.32 Å². The van der Waals surface area contributed by atoms with Crippen LogP contribution in [0.4, 0.5) is 8.78 Å². The summed E-state index contributed by atoms with van der Waals surface area (Å²) < 4.78 is 27.4. The molecule has 1 heterocycles. The summed E-state index contributed by atoms with van der Waals surface area (Å²) in [4.78, 5) is 2.38. The first-order valence-electron chi connectivity index (χ1n) is 7.84. The monoisotopic (exact) mass is 294 g/mol. The average molecular weight is 294 g/mol. The molecule has 1 aliphatic heterocycles. The van der Waals surface area contributed by atoms with Gasteiger partial charge in [-0.1, -0.05) is 12.8 Å². The first-order chi connectivity index (χ1) is 9.90. The lowest BCUT2D eigenvalue weighted by Crippen LogP contribution is -2.67. The highest BCUT2D eigenvalue weighted by Crippen LogP contribution is 2.39. The third kappa shape index (κ3) is 2.97. The molecule has 21 heavy (non-hydrogen) atoms. The van der Waals surface area contributed by atoms with Crippen molar-refractivity contribution in [2.24, 2.45) is 0 Å². The third-order valence-corrected chi connectivity index (χ3v) is 5.06. The zero-order chi connectivity index (χ0) is 15.1. The summed E-state index contributed by atoms with van der Waals surface area (Å²) in [6, 6.07) is 3.76. The van der Waals surface area contributed by atoms with Crippen molar-refractivity contribution < 1.29 is 8.78 Å². The number of hydrogen-bond donors (Lipinski definition) is 1. The highest BCUT2D eigenvalue weighted by Gasteiger charge is 2.45. The van der Waals surface area contributed by atoms with Crippen LogP contribution in [0, 0.1) is 11.6 Å². The van der Waals surface area contributed by atoms with Gasteiger partial charge in [0.15, 0.2) is 0 Å². The van der Waals surface area contributed by atoms with E-state index in [0.29, 0.717) is 12.1 Å². The smallest absolute Gasteiger partial charge is 0.127 e. The van der Waals surface area contributed by atoms with E-state index in [1.54, 1.807) is 0 Å². The fourth-order valence-corrected chi connectivity index (χ4v) is 3.84. The van der Waals surface area contributed by atoms with Gasteiger partial charge >= 0.3 is 0 Å². The Morgan fingerprint density at radius 1 is 1.19 bits per heavy atom. The minimum Gasteiger partial charge on any atom is -0.309 e. The van der Waals surface area contributed by atoms with Gasteiger partial charge in [0.25, 0.3) is 0 Å². The van der Waals surface area contributed by atoms with Crippen molar-refractivity contribution >= 4 is 0 Å². The van der Waals surface area contributed by atoms with Crippen LogP contribution in [-0.2, 0) is 6.54 Å². The van der Waals surface area contributed by atoms with Gasteiger partial charge < -0.3 is 5.32 Å². The molecule has 0 bridgehead atoms. The Bertz CT molecular complexity index is 522. The SMILES string of the molecule is CC1(C)CN(Cc2cc(F)ccc2F)C2(CCCC2)CN1. The summed E-state index contributed by atoms with van der Waals surface area (Å²) in [5.41, 5.74) is 0.602. The predicted molar refractivity (Wildman–Crippen MR) is 80.0 cm³/mol. The molecular weight excluding hydrogens is 270 g/mol. The van der Waals surface area contributed by atoms with Gasteiger partial charge in [0.1, 0.15) is 11.6 Å². The first kappa shape index (κ1) is 14.9. The van der Waals surface area contributed by atoms with Gasteiger partial charge in [0.05, 0.1) is 0 Å². The van der Waals surface area contributed by atoms with E-state index in [4.69, 9.17) is 0 Å². The molecule has 1 aromatic rings. The molecule has 1 aliphatic carbocycles. The van der Waals surface area contributed by atoms with Crippen molar-refractivity contribution in [2.45, 2.75) is 57.2 Å². The minimum atomic E-state index is -0.360. The Labute approximate surface area is 125 Å². The van der Waals surface area contributed by atoms with Crippen LogP contribution in [0.2, 0.25) is 0 Å². The maximum Gasteiger partial charge on any atom is 0.127 e. The van der Waals surface area contributed by atoms with Crippen LogP contribution >= 0.6 is 0 Å². The van der Waals surface area contributed by atoms with Crippen molar-refractivity contribution in [1.82, 2.24) is 10.2 Å². The number of hydrogen-bond acceptors (Lipinski definition) is 2. The molecular formula is C17H24F2N2. The van der Waals surface area contributed by atoms with Crippen LogP contribution in [-0.4, -0.2) is 29.1 Å². The normalized spacial score (nSPS) is 24.6. The average Bonchev–Trinajstić information content (AvgIpc) is 2.88. The Morgan fingerprint density at radius 3 is 2.62 bits per heavy atom. The second-order valence-electron chi connectivity index (χ2n) is 7.26. The molecule has 4 heteroatoms. The van der Waals surface area contributed by atoms with Gasteiger partial charge in [-0.15, -0.1) is 0 Å². The van der Waals surface area contributed by atoms with E-state index in [9.17, 15) is 8.78 Å². The largest absolute Gasteiger partial charge is 0.309 e. The zero-order valence-electron chi connectivity index (χ0n) is 12.9. The fourth-order valence-electron chi connectivity index (χ4n) is 3.84. The number of rotatable bonds is 2. The lowest BCUT2D eigenvalue weighted by molar-refractivity contribution is 0.0114. The zero-order valence-corrected chi connectivity index (χ0v) is 12.9. The highest BCUT2D eigenvalue weighted by atomic mass is 19.1. The summed E-state index contributed by atoms with van der Waals surface area (Å²) in [5.74, 6) is -0.665. The minimum absolute atomic E-state index is 0.0115. The van der Waals surface area contributed by atoms with Crippen molar-refractivity contribution in [3.05, 3.63) is 35.4 Å². The number of nitrogens with zero attached hydrogens (tertiary/aromatic N) is 1. The van der Waals surface area contributed by atoms with Crippen LogP contribution in [0.15, 0.2) is 18.2 Å². The second-order valence-corrected chi connectivity index (χ2v) is 7.26. The molecule has 1 spiro atoms. The molecule has 3 rings (SSSR count). The van der Waals surface area contributed by atoms with Crippen LogP contribution in [0.25, 0.3) is 0 Å². The lowest BCUT2D eigenvalue weighted by Gasteiger charge is -2.51. The Hall–Kier alpha value is -1.00. The molecule has 0 unspecified atom stereocenters.